The molecule has 0 amide bonds. The van der Waals surface area contributed by atoms with Gasteiger partial charge in [-0.25, -0.2) is 0 Å². The zero-order chi connectivity index (χ0) is 16.6. The van der Waals surface area contributed by atoms with E-state index in [-0.39, 0.29) is 12.8 Å². The molecular weight excluding hydrogens is 293 g/mol. The van der Waals surface area contributed by atoms with Crippen LogP contribution in [0, 0.1) is 0 Å². The largest absolute Gasteiger partial charge is 0.416 e. The predicted molar refractivity (Wildman–Crippen MR) is 80.2 cm³/mol. The molecule has 2 rings (SSSR count). The van der Waals surface area contributed by atoms with Crippen LogP contribution in [0.15, 0.2) is 58.7 Å². The molecule has 0 saturated carbocycles. The average Bonchev–Trinajstić information content (AvgIpc) is 2.73. The SMILES string of the molecule is CO.O=CCC1=CCC=C(C(F)(F)F)C=C1C1=CCCC=C1. The average molecular weight is 312 g/mol. The number of carbonyl (C=O) groups is 1. The molecule has 0 aromatic heterocycles. The van der Waals surface area contributed by atoms with Gasteiger partial charge in [-0.3, -0.25) is 0 Å². The van der Waals surface area contributed by atoms with Crippen molar-refractivity contribution in [2.75, 3.05) is 7.11 Å². The second-order valence-electron chi connectivity index (χ2n) is 4.69. The van der Waals surface area contributed by atoms with Crippen molar-refractivity contribution >= 4 is 6.29 Å². The van der Waals surface area contributed by atoms with Crippen LogP contribution in [0.25, 0.3) is 0 Å². The van der Waals surface area contributed by atoms with Crippen molar-refractivity contribution in [2.24, 2.45) is 0 Å². The highest BCUT2D eigenvalue weighted by Gasteiger charge is 2.33. The summed E-state index contributed by atoms with van der Waals surface area (Å²) < 4.78 is 38.8. The first kappa shape index (κ1) is 18.2. The highest BCUT2D eigenvalue weighted by Crippen LogP contribution is 2.35. The van der Waals surface area contributed by atoms with Gasteiger partial charge >= 0.3 is 6.18 Å². The molecule has 2 aliphatic rings. The van der Waals surface area contributed by atoms with Gasteiger partial charge in [-0.05, 0) is 42.1 Å². The summed E-state index contributed by atoms with van der Waals surface area (Å²) in [6.45, 7) is 0. The molecule has 2 nitrogen and oxygen atoms in total. The predicted octanol–water partition coefficient (Wildman–Crippen LogP) is 4.21. The summed E-state index contributed by atoms with van der Waals surface area (Å²) in [4.78, 5) is 10.7. The molecule has 0 spiro atoms. The molecule has 2 aliphatic carbocycles. The molecule has 0 radical (unpaired) electrons. The summed E-state index contributed by atoms with van der Waals surface area (Å²) in [7, 11) is 1.00. The smallest absolute Gasteiger partial charge is 0.400 e. The van der Waals surface area contributed by atoms with E-state index < -0.39 is 11.7 Å². The van der Waals surface area contributed by atoms with Gasteiger partial charge in [0.2, 0.25) is 0 Å². The first-order valence-corrected chi connectivity index (χ1v) is 6.96. The van der Waals surface area contributed by atoms with E-state index in [9.17, 15) is 18.0 Å². The number of hydrogen-bond donors (Lipinski definition) is 1. The Kier molecular flexibility index (Phi) is 7.05. The van der Waals surface area contributed by atoms with Crippen LogP contribution in [0.1, 0.15) is 25.7 Å². The number of allylic oxidation sites excluding steroid dienone is 10. The van der Waals surface area contributed by atoms with Crippen LogP contribution in [-0.2, 0) is 4.79 Å². The maximum Gasteiger partial charge on any atom is 0.416 e. The molecule has 0 aromatic carbocycles. The monoisotopic (exact) mass is 312 g/mol. The lowest BCUT2D eigenvalue weighted by atomic mass is 9.91. The summed E-state index contributed by atoms with van der Waals surface area (Å²) >= 11 is 0. The highest BCUT2D eigenvalue weighted by atomic mass is 19.4. The summed E-state index contributed by atoms with van der Waals surface area (Å²) in [6.07, 6.45) is 8.09. The molecule has 1 N–H and O–H groups in total. The zero-order valence-electron chi connectivity index (χ0n) is 12.4. The summed E-state index contributed by atoms with van der Waals surface area (Å²) in [5.74, 6) is 0. The Morgan fingerprint density at radius 3 is 2.45 bits per heavy atom. The van der Waals surface area contributed by atoms with Gasteiger partial charge in [-0.2, -0.15) is 13.2 Å². The van der Waals surface area contributed by atoms with Crippen LogP contribution >= 0.6 is 0 Å². The van der Waals surface area contributed by atoms with Crippen LogP contribution in [0.2, 0.25) is 0 Å². The van der Waals surface area contributed by atoms with E-state index in [0.29, 0.717) is 11.1 Å². The summed E-state index contributed by atoms with van der Waals surface area (Å²) in [6, 6.07) is 0. The summed E-state index contributed by atoms with van der Waals surface area (Å²) in [5.41, 5.74) is 1.29. The molecular formula is C17H19F3O2. The Morgan fingerprint density at radius 1 is 1.18 bits per heavy atom. The third-order valence-corrected chi connectivity index (χ3v) is 3.28. The molecule has 0 heterocycles. The fourth-order valence-corrected chi connectivity index (χ4v) is 2.31. The van der Waals surface area contributed by atoms with E-state index in [4.69, 9.17) is 5.11 Å². The quantitative estimate of drug-likeness (QED) is 0.793. The van der Waals surface area contributed by atoms with Crippen molar-refractivity contribution < 1.29 is 23.1 Å². The summed E-state index contributed by atoms with van der Waals surface area (Å²) in [5, 5.41) is 7.00. The third-order valence-electron chi connectivity index (χ3n) is 3.28. The number of aldehydes is 1. The molecule has 120 valence electrons. The number of carbonyl (C=O) groups excluding carboxylic acids is 1. The Bertz CT molecular complexity index is 547. The minimum Gasteiger partial charge on any atom is -0.400 e. The van der Waals surface area contributed by atoms with E-state index in [1.165, 1.54) is 0 Å². The van der Waals surface area contributed by atoms with Gasteiger partial charge in [-0.15, -0.1) is 0 Å². The highest BCUT2D eigenvalue weighted by molar-refractivity contribution is 5.64. The van der Waals surface area contributed by atoms with Gasteiger partial charge in [0.05, 0.1) is 5.57 Å². The fourth-order valence-electron chi connectivity index (χ4n) is 2.31. The molecule has 0 fully saturated rings. The molecule has 0 aliphatic heterocycles. The first-order valence-electron chi connectivity index (χ1n) is 6.96. The number of alkyl halides is 3. The molecule has 5 heteroatoms. The van der Waals surface area contributed by atoms with Gasteiger partial charge in [0, 0.05) is 13.5 Å². The van der Waals surface area contributed by atoms with Gasteiger partial charge in [-0.1, -0.05) is 30.4 Å². The minimum absolute atomic E-state index is 0.135. The number of rotatable bonds is 3. The van der Waals surface area contributed by atoms with Crippen molar-refractivity contribution in [1.82, 2.24) is 0 Å². The molecule has 22 heavy (non-hydrogen) atoms. The second-order valence-corrected chi connectivity index (χ2v) is 4.69. The zero-order valence-corrected chi connectivity index (χ0v) is 12.4. The fraction of sp³-hybridized carbons (Fsp3) is 0.353. The number of aliphatic hydroxyl groups excluding tert-OH is 1. The van der Waals surface area contributed by atoms with E-state index in [1.54, 1.807) is 6.08 Å². The molecule has 0 atom stereocenters. The van der Waals surface area contributed by atoms with Crippen molar-refractivity contribution in [3.8, 4) is 0 Å². The standard InChI is InChI=1S/C16H15F3O.CH4O/c17-16(18,19)14-8-4-7-13(9-10-20)15(11-14)12-5-2-1-3-6-12;1-2/h2,5-8,10-11H,1,3-4,9H2;2H,1H3. The van der Waals surface area contributed by atoms with Gasteiger partial charge < -0.3 is 9.90 Å². The molecule has 0 bridgehead atoms. The molecule has 0 aromatic rings. The normalized spacial score (nSPS) is 18.0. The van der Waals surface area contributed by atoms with E-state index in [2.05, 4.69) is 0 Å². The van der Waals surface area contributed by atoms with E-state index >= 15 is 0 Å². The number of aliphatic hydroxyl groups is 1. The van der Waals surface area contributed by atoms with Gasteiger partial charge in [0.25, 0.3) is 0 Å². The van der Waals surface area contributed by atoms with Crippen molar-refractivity contribution in [3.63, 3.8) is 0 Å². The van der Waals surface area contributed by atoms with Crippen LogP contribution in [0.5, 0.6) is 0 Å². The first-order chi connectivity index (χ1) is 10.5. The van der Waals surface area contributed by atoms with Gasteiger partial charge in [0.15, 0.2) is 0 Å². The number of halogens is 3. The van der Waals surface area contributed by atoms with Crippen molar-refractivity contribution in [1.29, 1.82) is 0 Å². The second kappa shape index (κ2) is 8.54. The lowest BCUT2D eigenvalue weighted by Crippen LogP contribution is -2.10. The lowest BCUT2D eigenvalue weighted by Gasteiger charge is -2.15. The number of hydrogen-bond acceptors (Lipinski definition) is 2. The maximum atomic E-state index is 12.9. The van der Waals surface area contributed by atoms with Crippen LogP contribution in [0.4, 0.5) is 13.2 Å². The Morgan fingerprint density at radius 2 is 1.91 bits per heavy atom. The molecule has 0 unspecified atom stereocenters. The molecule has 0 saturated heterocycles. The van der Waals surface area contributed by atoms with Crippen LogP contribution < -0.4 is 0 Å². The van der Waals surface area contributed by atoms with Crippen LogP contribution in [0.3, 0.4) is 0 Å². The maximum absolute atomic E-state index is 12.9. The van der Waals surface area contributed by atoms with Crippen molar-refractivity contribution in [2.45, 2.75) is 31.9 Å². The topological polar surface area (TPSA) is 37.3 Å². The Hall–Kier alpha value is -1.88. The third kappa shape index (κ3) is 4.84. The van der Waals surface area contributed by atoms with E-state index in [1.807, 2.05) is 18.2 Å². The van der Waals surface area contributed by atoms with Crippen molar-refractivity contribution in [3.05, 3.63) is 58.7 Å². The van der Waals surface area contributed by atoms with Crippen LogP contribution in [-0.4, -0.2) is 24.7 Å². The van der Waals surface area contributed by atoms with Gasteiger partial charge in [0.1, 0.15) is 6.29 Å². The minimum atomic E-state index is -4.37. The Balaban J connectivity index is 0.00000116. The van der Waals surface area contributed by atoms with E-state index in [0.717, 1.165) is 44.0 Å². The lowest BCUT2D eigenvalue weighted by molar-refractivity contribution is -0.107. The Labute approximate surface area is 128 Å².